The smallest absolute Gasteiger partial charge is 0.224 e. The van der Waals surface area contributed by atoms with Crippen molar-refractivity contribution in [1.29, 1.82) is 0 Å². The Bertz CT molecular complexity index is 650. The van der Waals surface area contributed by atoms with Crippen LogP contribution in [-0.4, -0.2) is 68.2 Å². The highest BCUT2D eigenvalue weighted by Crippen LogP contribution is 2.24. The molecule has 2 fully saturated rings. The minimum absolute atomic E-state index is 0.0828. The maximum atomic E-state index is 13.0. The Hall–Kier alpha value is -1.43. The summed E-state index contributed by atoms with van der Waals surface area (Å²) in [6, 6.07) is 6.51. The first kappa shape index (κ1) is 22.3. The molecule has 3 rings (SSSR count). The highest BCUT2D eigenvalue weighted by atomic mass is 16.5. The molecule has 162 valence electrons. The van der Waals surface area contributed by atoms with Crippen LogP contribution in [0.5, 0.6) is 0 Å². The van der Waals surface area contributed by atoms with Crippen LogP contribution in [0.15, 0.2) is 18.2 Å². The Kier molecular flexibility index (Phi) is 8.10. The fourth-order valence-electron chi connectivity index (χ4n) is 4.94. The van der Waals surface area contributed by atoms with Crippen molar-refractivity contribution in [3.8, 4) is 0 Å². The van der Waals surface area contributed by atoms with Gasteiger partial charge in [-0.15, -0.1) is 0 Å². The molecule has 0 aromatic heterocycles. The molecule has 2 heterocycles. The summed E-state index contributed by atoms with van der Waals surface area (Å²) in [4.78, 5) is 18.1. The van der Waals surface area contributed by atoms with Crippen molar-refractivity contribution >= 4 is 5.91 Å². The molecule has 1 amide bonds. The van der Waals surface area contributed by atoms with Crippen LogP contribution in [0, 0.1) is 31.6 Å². The Labute approximate surface area is 176 Å². The van der Waals surface area contributed by atoms with Crippen LogP contribution in [-0.2, 0) is 16.1 Å². The first-order valence-electron chi connectivity index (χ1n) is 11.3. The molecule has 0 aliphatic carbocycles. The molecule has 0 bridgehead atoms. The number of piperidine rings is 1. The molecular weight excluding hydrogens is 362 g/mol. The summed E-state index contributed by atoms with van der Waals surface area (Å²) in [6.07, 6.45) is 0.991. The molecule has 0 saturated carbocycles. The summed E-state index contributed by atoms with van der Waals surface area (Å²) in [7, 11) is 0. The van der Waals surface area contributed by atoms with E-state index in [1.54, 1.807) is 0 Å². The lowest BCUT2D eigenvalue weighted by atomic mass is 9.87. The number of benzene rings is 1. The summed E-state index contributed by atoms with van der Waals surface area (Å²) in [5, 5.41) is 3.22. The number of ether oxygens (including phenoxy) is 1. The van der Waals surface area contributed by atoms with E-state index in [0.29, 0.717) is 18.4 Å². The van der Waals surface area contributed by atoms with Crippen LogP contribution in [0.1, 0.15) is 37.0 Å². The Morgan fingerprint density at radius 3 is 2.45 bits per heavy atom. The minimum atomic E-state index is 0.0828. The van der Waals surface area contributed by atoms with E-state index in [-0.39, 0.29) is 11.8 Å². The van der Waals surface area contributed by atoms with E-state index >= 15 is 0 Å². The number of carbonyl (C=O) groups is 1. The van der Waals surface area contributed by atoms with Crippen LogP contribution in [0.3, 0.4) is 0 Å². The van der Waals surface area contributed by atoms with Gasteiger partial charge in [0.05, 0.1) is 19.1 Å². The monoisotopic (exact) mass is 401 g/mol. The van der Waals surface area contributed by atoms with Crippen molar-refractivity contribution in [2.45, 2.75) is 40.7 Å². The van der Waals surface area contributed by atoms with Gasteiger partial charge < -0.3 is 15.0 Å². The highest BCUT2D eigenvalue weighted by molar-refractivity contribution is 5.79. The lowest BCUT2D eigenvalue weighted by Crippen LogP contribution is -2.50. The number of hydrogen-bond acceptors (Lipinski definition) is 4. The van der Waals surface area contributed by atoms with Gasteiger partial charge in [-0.25, -0.2) is 0 Å². The molecule has 2 aliphatic heterocycles. The zero-order valence-electron chi connectivity index (χ0n) is 18.7. The highest BCUT2D eigenvalue weighted by Gasteiger charge is 2.32. The second-order valence-corrected chi connectivity index (χ2v) is 9.54. The fourth-order valence-corrected chi connectivity index (χ4v) is 4.94. The third-order valence-electron chi connectivity index (χ3n) is 5.98. The minimum Gasteiger partial charge on any atom is -0.379 e. The maximum Gasteiger partial charge on any atom is 0.224 e. The van der Waals surface area contributed by atoms with Gasteiger partial charge in [0.1, 0.15) is 0 Å². The largest absolute Gasteiger partial charge is 0.379 e. The number of morpholine rings is 1. The lowest BCUT2D eigenvalue weighted by molar-refractivity contribution is -0.128. The van der Waals surface area contributed by atoms with Gasteiger partial charge in [-0.1, -0.05) is 43.2 Å². The molecule has 1 aromatic rings. The molecule has 2 saturated heterocycles. The first-order valence-corrected chi connectivity index (χ1v) is 11.3. The molecule has 1 N–H and O–H groups in total. The van der Waals surface area contributed by atoms with Gasteiger partial charge in [-0.3, -0.25) is 9.69 Å². The summed E-state index contributed by atoms with van der Waals surface area (Å²) in [6.45, 7) is 17.2. The van der Waals surface area contributed by atoms with Crippen LogP contribution in [0.4, 0.5) is 0 Å². The predicted octanol–water partition coefficient (Wildman–Crippen LogP) is 2.85. The van der Waals surface area contributed by atoms with Crippen molar-refractivity contribution in [2.75, 3.05) is 52.5 Å². The van der Waals surface area contributed by atoms with Crippen molar-refractivity contribution in [3.05, 3.63) is 34.9 Å². The first-order chi connectivity index (χ1) is 13.9. The normalized spacial score (nSPS) is 24.0. The molecule has 0 spiro atoms. The van der Waals surface area contributed by atoms with Gasteiger partial charge in [-0.2, -0.15) is 0 Å². The van der Waals surface area contributed by atoms with Crippen molar-refractivity contribution in [2.24, 2.45) is 17.8 Å². The van der Waals surface area contributed by atoms with E-state index in [4.69, 9.17) is 4.74 Å². The van der Waals surface area contributed by atoms with E-state index in [0.717, 1.165) is 58.9 Å². The van der Waals surface area contributed by atoms with Gasteiger partial charge in [0.25, 0.3) is 0 Å². The number of nitrogens with one attached hydrogen (secondary N) is 1. The van der Waals surface area contributed by atoms with Gasteiger partial charge in [-0.05, 0) is 37.7 Å². The average Bonchev–Trinajstić information content (AvgIpc) is 2.65. The Balaban J connectivity index is 1.59. The molecule has 0 radical (unpaired) electrons. The van der Waals surface area contributed by atoms with Gasteiger partial charge in [0, 0.05) is 45.8 Å². The summed E-state index contributed by atoms with van der Waals surface area (Å²) < 4.78 is 5.50. The second kappa shape index (κ2) is 10.6. The van der Waals surface area contributed by atoms with Gasteiger partial charge in [0.15, 0.2) is 0 Å². The molecular formula is C24H39N3O2. The summed E-state index contributed by atoms with van der Waals surface area (Å²) in [5.74, 6) is 1.47. The van der Waals surface area contributed by atoms with E-state index in [1.807, 2.05) is 0 Å². The average molecular weight is 402 g/mol. The number of rotatable bonds is 7. The molecule has 29 heavy (non-hydrogen) atoms. The van der Waals surface area contributed by atoms with Gasteiger partial charge in [0.2, 0.25) is 5.91 Å². The predicted molar refractivity (Wildman–Crippen MR) is 118 cm³/mol. The van der Waals surface area contributed by atoms with Crippen LogP contribution in [0.2, 0.25) is 0 Å². The number of aryl methyl sites for hydroxylation is 2. The van der Waals surface area contributed by atoms with Crippen molar-refractivity contribution in [3.63, 3.8) is 0 Å². The number of amides is 1. The van der Waals surface area contributed by atoms with E-state index in [2.05, 4.69) is 61.0 Å². The molecule has 5 nitrogen and oxygen atoms in total. The second-order valence-electron chi connectivity index (χ2n) is 9.54. The summed E-state index contributed by atoms with van der Waals surface area (Å²) >= 11 is 0. The van der Waals surface area contributed by atoms with E-state index in [1.165, 1.54) is 16.7 Å². The van der Waals surface area contributed by atoms with Crippen LogP contribution in [0.25, 0.3) is 0 Å². The zero-order chi connectivity index (χ0) is 20.8. The Morgan fingerprint density at radius 1 is 1.10 bits per heavy atom. The standard InChI is InChI=1S/C24H39N3O2/c1-18(2)14-27-16-22(15-26-5-7-29-8-6-26)12-23(17-27)24(28)25-13-21-10-19(3)9-20(4)11-21/h9-11,18,22-23H,5-8,12-17H2,1-4H3,(H,25,28)/t22-,23-/m1/s1. The maximum absolute atomic E-state index is 13.0. The molecule has 2 atom stereocenters. The topological polar surface area (TPSA) is 44.8 Å². The summed E-state index contributed by atoms with van der Waals surface area (Å²) in [5.41, 5.74) is 3.69. The Morgan fingerprint density at radius 2 is 1.79 bits per heavy atom. The van der Waals surface area contributed by atoms with Gasteiger partial charge >= 0.3 is 0 Å². The van der Waals surface area contributed by atoms with Crippen molar-refractivity contribution < 1.29 is 9.53 Å². The lowest BCUT2D eigenvalue weighted by Gasteiger charge is -2.40. The molecule has 2 aliphatic rings. The molecule has 1 aromatic carbocycles. The van der Waals surface area contributed by atoms with Crippen LogP contribution >= 0.6 is 0 Å². The SMILES string of the molecule is Cc1cc(C)cc(CNC(=O)[C@@H]2C[C@H](CN3CCOCC3)CN(CC(C)C)C2)c1. The molecule has 0 unspecified atom stereocenters. The quantitative estimate of drug-likeness (QED) is 0.763. The van der Waals surface area contributed by atoms with E-state index in [9.17, 15) is 4.79 Å². The third kappa shape index (κ3) is 7.09. The number of carbonyl (C=O) groups excluding carboxylic acids is 1. The number of hydrogen-bond donors (Lipinski definition) is 1. The third-order valence-corrected chi connectivity index (χ3v) is 5.98. The van der Waals surface area contributed by atoms with Crippen LogP contribution < -0.4 is 5.32 Å². The number of likely N-dealkylation sites (tertiary alicyclic amines) is 1. The van der Waals surface area contributed by atoms with E-state index < -0.39 is 0 Å². The number of nitrogens with zero attached hydrogens (tertiary/aromatic N) is 2. The zero-order valence-corrected chi connectivity index (χ0v) is 18.7. The molecule has 5 heteroatoms. The fraction of sp³-hybridized carbons (Fsp3) is 0.708. The van der Waals surface area contributed by atoms with Crippen molar-refractivity contribution in [1.82, 2.24) is 15.1 Å².